The van der Waals surface area contributed by atoms with Gasteiger partial charge in [-0.2, -0.15) is 5.10 Å². The molecule has 1 heterocycles. The van der Waals surface area contributed by atoms with Gasteiger partial charge in [-0.1, -0.05) is 18.5 Å². The summed E-state index contributed by atoms with van der Waals surface area (Å²) in [6.07, 6.45) is 0.737. The standard InChI is InChI=1S/C17H21ClN2O2/c1-6-14-11(4)19-20(12(14)5)13-7-8-16(18)15(9-13)17(21)22-10(2)3/h7-10H,6H2,1-5H3. The Kier molecular flexibility index (Phi) is 4.91. The van der Waals surface area contributed by atoms with Gasteiger partial charge in [0, 0.05) is 5.69 Å². The molecule has 2 rings (SSSR count). The number of halogens is 1. The van der Waals surface area contributed by atoms with Gasteiger partial charge < -0.3 is 4.74 Å². The molecule has 4 nitrogen and oxygen atoms in total. The summed E-state index contributed by atoms with van der Waals surface area (Å²) in [4.78, 5) is 12.1. The Morgan fingerprint density at radius 2 is 2.05 bits per heavy atom. The van der Waals surface area contributed by atoms with Gasteiger partial charge in [0.1, 0.15) is 0 Å². The molecule has 0 radical (unpaired) electrons. The van der Waals surface area contributed by atoms with E-state index in [1.54, 1.807) is 12.1 Å². The van der Waals surface area contributed by atoms with Gasteiger partial charge in [-0.3, -0.25) is 0 Å². The number of hydrogen-bond acceptors (Lipinski definition) is 3. The molecule has 1 aromatic heterocycles. The molecule has 0 fully saturated rings. The van der Waals surface area contributed by atoms with Crippen LogP contribution in [0.25, 0.3) is 5.69 Å². The smallest absolute Gasteiger partial charge is 0.339 e. The summed E-state index contributed by atoms with van der Waals surface area (Å²) >= 11 is 6.14. The van der Waals surface area contributed by atoms with Crippen molar-refractivity contribution in [2.45, 2.75) is 47.1 Å². The van der Waals surface area contributed by atoms with Gasteiger partial charge in [0.15, 0.2) is 0 Å². The Labute approximate surface area is 136 Å². The lowest BCUT2D eigenvalue weighted by atomic mass is 10.1. The third-order valence-corrected chi connectivity index (χ3v) is 3.88. The molecule has 0 N–H and O–H groups in total. The summed E-state index contributed by atoms with van der Waals surface area (Å²) in [5.41, 5.74) is 4.46. The van der Waals surface area contributed by atoms with Gasteiger partial charge in [0.25, 0.3) is 0 Å². The first-order chi connectivity index (χ1) is 10.3. The fourth-order valence-corrected chi connectivity index (χ4v) is 2.71. The molecule has 0 atom stereocenters. The van der Waals surface area contributed by atoms with E-state index in [-0.39, 0.29) is 6.10 Å². The first-order valence-corrected chi connectivity index (χ1v) is 7.79. The van der Waals surface area contributed by atoms with Crippen LogP contribution in [0.15, 0.2) is 18.2 Å². The van der Waals surface area contributed by atoms with Crippen molar-refractivity contribution >= 4 is 17.6 Å². The van der Waals surface area contributed by atoms with E-state index < -0.39 is 5.97 Å². The average molecular weight is 321 g/mol. The van der Waals surface area contributed by atoms with Crippen molar-refractivity contribution in [2.24, 2.45) is 0 Å². The van der Waals surface area contributed by atoms with Crippen molar-refractivity contribution in [3.05, 3.63) is 45.7 Å². The maximum Gasteiger partial charge on any atom is 0.339 e. The topological polar surface area (TPSA) is 44.1 Å². The van der Waals surface area contributed by atoms with Crippen molar-refractivity contribution in [2.75, 3.05) is 0 Å². The minimum Gasteiger partial charge on any atom is -0.459 e. The number of carbonyl (C=O) groups is 1. The maximum atomic E-state index is 12.1. The second kappa shape index (κ2) is 6.53. The van der Waals surface area contributed by atoms with Crippen LogP contribution in [0.3, 0.4) is 0 Å². The van der Waals surface area contributed by atoms with Gasteiger partial charge in [0.05, 0.1) is 28.1 Å². The van der Waals surface area contributed by atoms with Gasteiger partial charge in [-0.25, -0.2) is 9.48 Å². The molecule has 0 bridgehead atoms. The van der Waals surface area contributed by atoms with Crippen LogP contribution in [0.2, 0.25) is 5.02 Å². The van der Waals surface area contributed by atoms with Gasteiger partial charge in [0.2, 0.25) is 0 Å². The van der Waals surface area contributed by atoms with E-state index in [1.165, 1.54) is 5.56 Å². The number of ether oxygens (including phenoxy) is 1. The lowest BCUT2D eigenvalue weighted by Gasteiger charge is -2.11. The first kappa shape index (κ1) is 16.6. The Morgan fingerprint density at radius 1 is 1.36 bits per heavy atom. The SMILES string of the molecule is CCc1c(C)nn(-c2ccc(Cl)c(C(=O)OC(C)C)c2)c1C. The summed E-state index contributed by atoms with van der Waals surface area (Å²) in [6.45, 7) is 9.74. The molecule has 0 amide bonds. The molecule has 0 saturated carbocycles. The Balaban J connectivity index is 2.48. The van der Waals surface area contributed by atoms with E-state index in [2.05, 4.69) is 12.0 Å². The van der Waals surface area contributed by atoms with E-state index in [4.69, 9.17) is 16.3 Å². The molecule has 0 aliphatic carbocycles. The zero-order valence-corrected chi connectivity index (χ0v) is 14.4. The van der Waals surface area contributed by atoms with Crippen LogP contribution in [0.4, 0.5) is 0 Å². The minimum absolute atomic E-state index is 0.187. The van der Waals surface area contributed by atoms with Crippen LogP contribution < -0.4 is 0 Å². The molecule has 5 heteroatoms. The quantitative estimate of drug-likeness (QED) is 0.790. The van der Waals surface area contributed by atoms with Crippen molar-refractivity contribution in [1.82, 2.24) is 9.78 Å². The van der Waals surface area contributed by atoms with Crippen LogP contribution in [-0.4, -0.2) is 21.9 Å². The number of carbonyl (C=O) groups excluding carboxylic acids is 1. The molecule has 2 aromatic rings. The molecule has 118 valence electrons. The molecular formula is C17H21ClN2O2. The Hall–Kier alpha value is -1.81. The van der Waals surface area contributed by atoms with Crippen molar-refractivity contribution in [3.8, 4) is 5.69 Å². The van der Waals surface area contributed by atoms with Crippen LogP contribution in [-0.2, 0) is 11.2 Å². The van der Waals surface area contributed by atoms with Crippen LogP contribution in [0.5, 0.6) is 0 Å². The van der Waals surface area contributed by atoms with Gasteiger partial charge >= 0.3 is 5.97 Å². The van der Waals surface area contributed by atoms with E-state index in [9.17, 15) is 4.79 Å². The fourth-order valence-electron chi connectivity index (χ4n) is 2.52. The highest BCUT2D eigenvalue weighted by atomic mass is 35.5. The van der Waals surface area contributed by atoms with Gasteiger partial charge in [-0.05, 0) is 57.9 Å². The third-order valence-electron chi connectivity index (χ3n) is 3.55. The average Bonchev–Trinajstić information content (AvgIpc) is 2.73. The molecule has 0 aliphatic rings. The minimum atomic E-state index is -0.418. The molecule has 0 unspecified atom stereocenters. The summed E-state index contributed by atoms with van der Waals surface area (Å²) < 4.78 is 7.08. The van der Waals surface area contributed by atoms with Crippen LogP contribution in [0.1, 0.15) is 48.1 Å². The highest BCUT2D eigenvalue weighted by molar-refractivity contribution is 6.33. The third kappa shape index (κ3) is 3.17. The normalized spacial score (nSPS) is 11.0. The second-order valence-corrected chi connectivity index (χ2v) is 5.94. The number of rotatable bonds is 4. The van der Waals surface area contributed by atoms with Crippen LogP contribution >= 0.6 is 11.6 Å². The molecule has 22 heavy (non-hydrogen) atoms. The number of nitrogens with zero attached hydrogens (tertiary/aromatic N) is 2. The lowest BCUT2D eigenvalue weighted by molar-refractivity contribution is 0.0378. The largest absolute Gasteiger partial charge is 0.459 e. The lowest BCUT2D eigenvalue weighted by Crippen LogP contribution is -2.13. The predicted molar refractivity (Wildman–Crippen MR) is 88.0 cm³/mol. The summed E-state index contributed by atoms with van der Waals surface area (Å²) in [6, 6.07) is 5.29. The zero-order chi connectivity index (χ0) is 16.4. The number of aromatic nitrogens is 2. The first-order valence-electron chi connectivity index (χ1n) is 7.41. The fraction of sp³-hybridized carbons (Fsp3) is 0.412. The van der Waals surface area contributed by atoms with Crippen molar-refractivity contribution < 1.29 is 9.53 Å². The highest BCUT2D eigenvalue weighted by Crippen LogP contribution is 2.24. The molecular weight excluding hydrogens is 300 g/mol. The van der Waals surface area contributed by atoms with Crippen LogP contribution in [0, 0.1) is 13.8 Å². The summed E-state index contributed by atoms with van der Waals surface area (Å²) in [5.74, 6) is -0.418. The van der Waals surface area contributed by atoms with E-state index in [0.29, 0.717) is 10.6 Å². The second-order valence-electron chi connectivity index (χ2n) is 5.53. The number of aryl methyl sites for hydroxylation is 1. The number of esters is 1. The summed E-state index contributed by atoms with van der Waals surface area (Å²) in [7, 11) is 0. The molecule has 0 aliphatic heterocycles. The van der Waals surface area contributed by atoms with Crippen molar-refractivity contribution in [1.29, 1.82) is 0 Å². The van der Waals surface area contributed by atoms with Gasteiger partial charge in [-0.15, -0.1) is 0 Å². The zero-order valence-electron chi connectivity index (χ0n) is 13.6. The number of benzene rings is 1. The van der Waals surface area contributed by atoms with E-state index >= 15 is 0 Å². The van der Waals surface area contributed by atoms with E-state index in [1.807, 2.05) is 38.4 Å². The number of hydrogen-bond donors (Lipinski definition) is 0. The summed E-state index contributed by atoms with van der Waals surface area (Å²) in [5, 5.41) is 4.94. The molecule has 1 aromatic carbocycles. The van der Waals surface area contributed by atoms with Crippen molar-refractivity contribution in [3.63, 3.8) is 0 Å². The highest BCUT2D eigenvalue weighted by Gasteiger charge is 2.17. The maximum absolute atomic E-state index is 12.1. The van der Waals surface area contributed by atoms with E-state index in [0.717, 1.165) is 23.5 Å². The Bertz CT molecular complexity index is 705. The molecule has 0 spiro atoms. The Morgan fingerprint density at radius 3 is 2.59 bits per heavy atom. The monoisotopic (exact) mass is 320 g/mol. The molecule has 0 saturated heterocycles. The predicted octanol–water partition coefficient (Wildman–Crippen LogP) is 4.27.